The summed E-state index contributed by atoms with van der Waals surface area (Å²) in [5, 5.41) is 13.6. The first kappa shape index (κ1) is 21.1. The molecule has 7 nitrogen and oxygen atoms in total. The molecule has 0 aliphatic carbocycles. The molecule has 1 saturated heterocycles. The van der Waals surface area contributed by atoms with Gasteiger partial charge in [-0.05, 0) is 61.2 Å². The zero-order valence-electron chi connectivity index (χ0n) is 17.7. The van der Waals surface area contributed by atoms with Crippen LogP contribution in [-0.2, 0) is 11.4 Å². The van der Waals surface area contributed by atoms with E-state index in [2.05, 4.69) is 50.5 Å². The van der Waals surface area contributed by atoms with Gasteiger partial charge < -0.3 is 5.32 Å². The maximum absolute atomic E-state index is 13.5. The highest BCUT2D eigenvalue weighted by Crippen LogP contribution is 2.27. The zero-order valence-corrected chi connectivity index (χ0v) is 19.3. The third-order valence-electron chi connectivity index (χ3n) is 5.91. The van der Waals surface area contributed by atoms with Crippen molar-refractivity contribution in [2.45, 2.75) is 44.5 Å². The van der Waals surface area contributed by atoms with Gasteiger partial charge in [-0.3, -0.25) is 14.7 Å². The van der Waals surface area contributed by atoms with E-state index in [1.165, 1.54) is 15.9 Å². The van der Waals surface area contributed by atoms with Crippen molar-refractivity contribution < 1.29 is 9.63 Å². The smallest absolute Gasteiger partial charge is 0.182 e. The Bertz CT molecular complexity index is 1150. The van der Waals surface area contributed by atoms with Gasteiger partial charge in [0.25, 0.3) is 0 Å². The molecule has 3 atom stereocenters. The standard InChI is InChI=1S/C24H24BrN5O2/c1-16-5-8-22(32-29-12-9-17-6-7-20(25)13-19(17)15-29)23(28-16)24(31)18-3-2-4-21(14-18)30-26-10-11-27-30/h2-4,6-7,9-14,16,22-23,28H,5,8,15H2,1H3/t16?,22?,23-/m1/s1. The Morgan fingerprint density at radius 1 is 1.16 bits per heavy atom. The average Bonchev–Trinajstić information content (AvgIpc) is 3.35. The molecular weight excluding hydrogens is 470 g/mol. The number of nitrogens with one attached hydrogen (secondary N) is 1. The van der Waals surface area contributed by atoms with E-state index in [0.29, 0.717) is 12.1 Å². The number of hydrogen-bond acceptors (Lipinski definition) is 6. The number of Topliss-reactive ketones (excluding diaryl/α,β-unsaturated/α-hetero) is 1. The highest BCUT2D eigenvalue weighted by Gasteiger charge is 2.36. The number of carbonyl (C=O) groups excluding carboxylic acids is 1. The van der Waals surface area contributed by atoms with Crippen molar-refractivity contribution in [2.24, 2.45) is 0 Å². The molecule has 2 aliphatic rings. The van der Waals surface area contributed by atoms with E-state index >= 15 is 0 Å². The number of piperidine rings is 1. The molecule has 2 aliphatic heterocycles. The van der Waals surface area contributed by atoms with Gasteiger partial charge in [0.05, 0.1) is 24.6 Å². The van der Waals surface area contributed by atoms with Crippen LogP contribution in [0, 0.1) is 0 Å². The van der Waals surface area contributed by atoms with Crippen LogP contribution in [0.25, 0.3) is 11.8 Å². The van der Waals surface area contributed by atoms with E-state index in [0.717, 1.165) is 23.0 Å². The Morgan fingerprint density at radius 2 is 2.00 bits per heavy atom. The van der Waals surface area contributed by atoms with Gasteiger partial charge in [-0.25, -0.2) is 0 Å². The molecule has 2 aromatic carbocycles. The second kappa shape index (κ2) is 8.97. The van der Waals surface area contributed by atoms with Crippen molar-refractivity contribution in [1.29, 1.82) is 0 Å². The van der Waals surface area contributed by atoms with Crippen LogP contribution in [0.5, 0.6) is 0 Å². The van der Waals surface area contributed by atoms with E-state index < -0.39 is 6.04 Å². The number of hydroxylamine groups is 2. The van der Waals surface area contributed by atoms with Gasteiger partial charge in [-0.15, -0.1) is 0 Å². The summed E-state index contributed by atoms with van der Waals surface area (Å²) in [6.07, 6.45) is 8.72. The van der Waals surface area contributed by atoms with Gasteiger partial charge in [0.1, 0.15) is 12.1 Å². The first-order valence-electron chi connectivity index (χ1n) is 10.7. The minimum Gasteiger partial charge on any atom is -0.302 e. The number of benzene rings is 2. The molecule has 5 rings (SSSR count). The second-order valence-electron chi connectivity index (χ2n) is 8.23. The van der Waals surface area contributed by atoms with Crippen LogP contribution >= 0.6 is 15.9 Å². The summed E-state index contributed by atoms with van der Waals surface area (Å²) in [5.41, 5.74) is 3.73. The Morgan fingerprint density at radius 3 is 2.84 bits per heavy atom. The summed E-state index contributed by atoms with van der Waals surface area (Å²) in [6, 6.07) is 13.4. The topological polar surface area (TPSA) is 72.3 Å². The molecule has 32 heavy (non-hydrogen) atoms. The van der Waals surface area contributed by atoms with Gasteiger partial charge in [-0.1, -0.05) is 34.1 Å². The molecule has 8 heteroatoms. The molecular formula is C24H24BrN5O2. The third kappa shape index (κ3) is 4.39. The monoisotopic (exact) mass is 493 g/mol. The number of halogens is 1. The van der Waals surface area contributed by atoms with Crippen LogP contribution in [0.2, 0.25) is 0 Å². The summed E-state index contributed by atoms with van der Waals surface area (Å²) in [6.45, 7) is 2.74. The van der Waals surface area contributed by atoms with E-state index in [1.54, 1.807) is 12.4 Å². The number of nitrogens with zero attached hydrogens (tertiary/aromatic N) is 4. The predicted octanol–water partition coefficient (Wildman–Crippen LogP) is 4.14. The normalized spacial score (nSPS) is 22.6. The SMILES string of the molecule is CC1CCC(ON2C=Cc3ccc(Br)cc3C2)[C@H](C(=O)c2cccc(-n3nccn3)c2)N1. The fraction of sp³-hybridized carbons (Fsp3) is 0.292. The van der Waals surface area contributed by atoms with E-state index in [4.69, 9.17) is 4.84 Å². The van der Waals surface area contributed by atoms with Crippen LogP contribution in [-0.4, -0.2) is 44.0 Å². The Kier molecular flexibility index (Phi) is 5.91. The van der Waals surface area contributed by atoms with Crippen LogP contribution in [0.3, 0.4) is 0 Å². The molecule has 1 N–H and O–H groups in total. The summed E-state index contributed by atoms with van der Waals surface area (Å²) < 4.78 is 1.04. The summed E-state index contributed by atoms with van der Waals surface area (Å²) in [7, 11) is 0. The van der Waals surface area contributed by atoms with Gasteiger partial charge >= 0.3 is 0 Å². The molecule has 1 fully saturated rings. The lowest BCUT2D eigenvalue weighted by atomic mass is 9.90. The van der Waals surface area contributed by atoms with Crippen LogP contribution in [0.15, 0.2) is 65.5 Å². The van der Waals surface area contributed by atoms with Crippen LogP contribution in [0.1, 0.15) is 41.3 Å². The van der Waals surface area contributed by atoms with Crippen molar-refractivity contribution in [3.8, 4) is 5.69 Å². The van der Waals surface area contributed by atoms with Crippen LogP contribution in [0.4, 0.5) is 0 Å². The predicted molar refractivity (Wildman–Crippen MR) is 125 cm³/mol. The number of hydrogen-bond donors (Lipinski definition) is 1. The summed E-state index contributed by atoms with van der Waals surface area (Å²) in [4.78, 5) is 21.4. The van der Waals surface area contributed by atoms with Gasteiger partial charge in [0.2, 0.25) is 0 Å². The first-order chi connectivity index (χ1) is 15.6. The van der Waals surface area contributed by atoms with Crippen LogP contribution < -0.4 is 5.32 Å². The molecule has 0 saturated carbocycles. The third-order valence-corrected chi connectivity index (χ3v) is 6.40. The maximum Gasteiger partial charge on any atom is 0.182 e. The van der Waals surface area contributed by atoms with Crippen molar-refractivity contribution >= 4 is 27.8 Å². The molecule has 0 amide bonds. The Balaban J connectivity index is 1.35. The highest BCUT2D eigenvalue weighted by atomic mass is 79.9. The summed E-state index contributed by atoms with van der Waals surface area (Å²) >= 11 is 3.54. The highest BCUT2D eigenvalue weighted by molar-refractivity contribution is 9.10. The lowest BCUT2D eigenvalue weighted by Gasteiger charge is -2.38. The van der Waals surface area contributed by atoms with E-state index in [1.807, 2.05) is 47.7 Å². The molecule has 0 spiro atoms. The van der Waals surface area contributed by atoms with Gasteiger partial charge in [-0.2, -0.15) is 15.0 Å². The van der Waals surface area contributed by atoms with Crippen molar-refractivity contribution in [1.82, 2.24) is 25.4 Å². The van der Waals surface area contributed by atoms with E-state index in [-0.39, 0.29) is 17.9 Å². The van der Waals surface area contributed by atoms with Gasteiger partial charge in [0.15, 0.2) is 5.78 Å². The number of aromatic nitrogens is 3. The Hall–Kier alpha value is -2.81. The van der Waals surface area contributed by atoms with E-state index in [9.17, 15) is 4.79 Å². The minimum absolute atomic E-state index is 0.0136. The maximum atomic E-state index is 13.5. The molecule has 2 unspecified atom stereocenters. The fourth-order valence-corrected chi connectivity index (χ4v) is 4.66. The second-order valence-corrected chi connectivity index (χ2v) is 9.15. The number of rotatable bonds is 5. The molecule has 0 radical (unpaired) electrons. The lowest BCUT2D eigenvalue weighted by molar-refractivity contribution is -0.183. The molecule has 0 bridgehead atoms. The molecule has 1 aromatic heterocycles. The minimum atomic E-state index is -0.433. The van der Waals surface area contributed by atoms with Crippen molar-refractivity contribution in [3.63, 3.8) is 0 Å². The first-order valence-corrected chi connectivity index (χ1v) is 11.5. The van der Waals surface area contributed by atoms with Crippen molar-refractivity contribution in [2.75, 3.05) is 0 Å². The summed E-state index contributed by atoms with van der Waals surface area (Å²) in [5.74, 6) is 0.0136. The average molecular weight is 494 g/mol. The lowest BCUT2D eigenvalue weighted by Crippen LogP contribution is -2.55. The van der Waals surface area contributed by atoms with Crippen molar-refractivity contribution in [3.05, 3.63) is 82.2 Å². The molecule has 164 valence electrons. The largest absolute Gasteiger partial charge is 0.302 e. The molecule has 3 heterocycles. The zero-order chi connectivity index (χ0) is 22.1. The van der Waals surface area contributed by atoms with Gasteiger partial charge in [0, 0.05) is 22.3 Å². The molecule has 3 aromatic rings. The number of ketones is 1. The Labute approximate surface area is 195 Å². The number of carbonyl (C=O) groups is 1. The fourth-order valence-electron chi connectivity index (χ4n) is 4.25. The number of fused-ring (bicyclic) bond motifs is 1. The quantitative estimate of drug-likeness (QED) is 0.538.